The van der Waals surface area contributed by atoms with E-state index in [4.69, 9.17) is 9.47 Å². The Balaban J connectivity index is 1.75. The molecule has 0 bridgehead atoms. The molecule has 30 heavy (non-hydrogen) atoms. The van der Waals surface area contributed by atoms with Gasteiger partial charge in [-0.3, -0.25) is 0 Å². The van der Waals surface area contributed by atoms with Gasteiger partial charge in [0.05, 0.1) is 13.2 Å². The first-order chi connectivity index (χ1) is 14.4. The number of unbranched alkanes of at least 4 members (excludes halogenated alkanes) is 1. The van der Waals surface area contributed by atoms with E-state index in [0.717, 1.165) is 32.1 Å². The van der Waals surface area contributed by atoms with Crippen LogP contribution in [0.2, 0.25) is 0 Å². The van der Waals surface area contributed by atoms with Crippen LogP contribution in [0.4, 0.5) is 17.6 Å². The molecule has 2 aromatic carbocycles. The predicted molar refractivity (Wildman–Crippen MR) is 109 cm³/mol. The van der Waals surface area contributed by atoms with E-state index in [2.05, 4.69) is 6.92 Å². The number of rotatable bonds is 8. The van der Waals surface area contributed by atoms with Crippen LogP contribution in [0.3, 0.4) is 0 Å². The van der Waals surface area contributed by atoms with Crippen molar-refractivity contribution in [2.75, 3.05) is 13.2 Å². The molecule has 1 aliphatic carbocycles. The van der Waals surface area contributed by atoms with Gasteiger partial charge in [0.25, 0.3) is 0 Å². The molecule has 0 aliphatic heterocycles. The zero-order valence-electron chi connectivity index (χ0n) is 17.4. The average molecular weight is 424 g/mol. The Morgan fingerprint density at radius 3 is 1.83 bits per heavy atom. The summed E-state index contributed by atoms with van der Waals surface area (Å²) >= 11 is 0. The third kappa shape index (κ3) is 5.08. The molecule has 0 unspecified atom stereocenters. The van der Waals surface area contributed by atoms with Crippen molar-refractivity contribution < 1.29 is 27.0 Å². The van der Waals surface area contributed by atoms with Crippen molar-refractivity contribution in [3.63, 3.8) is 0 Å². The van der Waals surface area contributed by atoms with E-state index in [1.54, 1.807) is 0 Å². The molecular formula is C24H28F4O2. The Hall–Kier alpha value is -2.24. The van der Waals surface area contributed by atoms with Gasteiger partial charge in [0.15, 0.2) is 23.1 Å². The molecule has 0 N–H and O–H groups in total. The molecule has 0 radical (unpaired) electrons. The van der Waals surface area contributed by atoms with Gasteiger partial charge in [0, 0.05) is 11.1 Å². The van der Waals surface area contributed by atoms with Gasteiger partial charge < -0.3 is 9.47 Å². The van der Waals surface area contributed by atoms with E-state index in [9.17, 15) is 17.6 Å². The van der Waals surface area contributed by atoms with E-state index in [1.165, 1.54) is 24.3 Å². The van der Waals surface area contributed by atoms with Gasteiger partial charge in [-0.15, -0.1) is 0 Å². The number of hydrogen-bond acceptors (Lipinski definition) is 2. The molecule has 0 saturated heterocycles. The Bertz CT molecular complexity index is 861. The second-order valence-electron chi connectivity index (χ2n) is 8.12. The van der Waals surface area contributed by atoms with Gasteiger partial charge in [-0.25, -0.2) is 8.78 Å². The minimum atomic E-state index is -1.27. The smallest absolute Gasteiger partial charge is 0.201 e. The number of benzene rings is 2. The van der Waals surface area contributed by atoms with Gasteiger partial charge in [0.1, 0.15) is 0 Å². The largest absolute Gasteiger partial charge is 0.490 e. The summed E-state index contributed by atoms with van der Waals surface area (Å²) in [7, 11) is 0. The first-order valence-electron chi connectivity index (χ1n) is 10.6. The highest BCUT2D eigenvalue weighted by Gasteiger charge is 2.23. The van der Waals surface area contributed by atoms with Crippen molar-refractivity contribution in [2.45, 2.75) is 52.4 Å². The molecule has 1 fully saturated rings. The Labute approximate surface area is 175 Å². The molecular weight excluding hydrogens is 396 g/mol. The van der Waals surface area contributed by atoms with E-state index in [-0.39, 0.29) is 29.2 Å². The highest BCUT2D eigenvalue weighted by atomic mass is 19.2. The summed E-state index contributed by atoms with van der Waals surface area (Å²) in [4.78, 5) is 0. The van der Waals surface area contributed by atoms with Crippen LogP contribution >= 0.6 is 0 Å². The summed E-state index contributed by atoms with van der Waals surface area (Å²) < 4.78 is 68.7. The number of halogens is 4. The van der Waals surface area contributed by atoms with Gasteiger partial charge in [-0.1, -0.05) is 33.1 Å². The highest BCUT2D eigenvalue weighted by molar-refractivity contribution is 5.67. The van der Waals surface area contributed by atoms with Crippen LogP contribution in [0.25, 0.3) is 11.1 Å². The van der Waals surface area contributed by atoms with Crippen molar-refractivity contribution in [2.24, 2.45) is 11.8 Å². The lowest BCUT2D eigenvalue weighted by atomic mass is 9.83. The predicted octanol–water partition coefficient (Wildman–Crippen LogP) is 7.29. The molecule has 0 spiro atoms. The van der Waals surface area contributed by atoms with Gasteiger partial charge in [0.2, 0.25) is 11.6 Å². The Morgan fingerprint density at radius 2 is 1.30 bits per heavy atom. The van der Waals surface area contributed by atoms with Crippen molar-refractivity contribution in [3.05, 3.63) is 47.5 Å². The Morgan fingerprint density at radius 1 is 0.767 bits per heavy atom. The molecule has 0 aromatic heterocycles. The maximum absolute atomic E-state index is 14.7. The zero-order chi connectivity index (χ0) is 21.7. The van der Waals surface area contributed by atoms with Crippen LogP contribution in [-0.2, 0) is 0 Å². The standard InChI is InChI=1S/C24H28F4O2/c1-3-4-13-29-19-11-9-17(21(25)23(19)27)18-10-12-20(24(28)22(18)26)30-14-16-7-5-15(2)6-8-16/h9-12,15-16H,3-8,13-14H2,1-2H3. The second kappa shape index (κ2) is 10.2. The third-order valence-electron chi connectivity index (χ3n) is 5.75. The van der Waals surface area contributed by atoms with Crippen LogP contribution in [0.5, 0.6) is 11.5 Å². The van der Waals surface area contributed by atoms with E-state index >= 15 is 0 Å². The molecule has 0 atom stereocenters. The van der Waals surface area contributed by atoms with Crippen LogP contribution in [0.15, 0.2) is 24.3 Å². The summed E-state index contributed by atoms with van der Waals surface area (Å²) in [6, 6.07) is 4.91. The van der Waals surface area contributed by atoms with Gasteiger partial charge >= 0.3 is 0 Å². The monoisotopic (exact) mass is 424 g/mol. The lowest BCUT2D eigenvalue weighted by molar-refractivity contribution is 0.182. The fourth-order valence-corrected chi connectivity index (χ4v) is 3.73. The fraction of sp³-hybridized carbons (Fsp3) is 0.500. The maximum Gasteiger partial charge on any atom is 0.201 e. The summed E-state index contributed by atoms with van der Waals surface area (Å²) in [5.74, 6) is -4.39. The van der Waals surface area contributed by atoms with E-state index in [0.29, 0.717) is 24.9 Å². The quantitative estimate of drug-likeness (QED) is 0.327. The number of ether oxygens (including phenoxy) is 2. The summed E-state index contributed by atoms with van der Waals surface area (Å²) in [5.41, 5.74) is -0.720. The number of hydrogen-bond donors (Lipinski definition) is 0. The molecule has 6 heteroatoms. The molecule has 2 nitrogen and oxygen atoms in total. The van der Waals surface area contributed by atoms with Crippen LogP contribution in [0.1, 0.15) is 52.4 Å². The molecule has 164 valence electrons. The van der Waals surface area contributed by atoms with Crippen LogP contribution < -0.4 is 9.47 Å². The summed E-state index contributed by atoms with van der Waals surface area (Å²) in [6.45, 7) is 4.72. The molecule has 1 aliphatic rings. The maximum atomic E-state index is 14.7. The molecule has 1 saturated carbocycles. The minimum absolute atomic E-state index is 0.213. The molecule has 0 heterocycles. The molecule has 3 rings (SSSR count). The highest BCUT2D eigenvalue weighted by Crippen LogP contribution is 2.35. The van der Waals surface area contributed by atoms with Crippen molar-refractivity contribution in [3.8, 4) is 22.6 Å². The van der Waals surface area contributed by atoms with Gasteiger partial charge in [-0.2, -0.15) is 8.78 Å². The second-order valence-corrected chi connectivity index (χ2v) is 8.12. The van der Waals surface area contributed by atoms with Crippen molar-refractivity contribution >= 4 is 0 Å². The summed E-state index contributed by atoms with van der Waals surface area (Å²) in [5, 5.41) is 0. The third-order valence-corrected chi connectivity index (χ3v) is 5.75. The van der Waals surface area contributed by atoms with Crippen molar-refractivity contribution in [1.82, 2.24) is 0 Å². The fourth-order valence-electron chi connectivity index (χ4n) is 3.73. The zero-order valence-corrected chi connectivity index (χ0v) is 17.4. The van der Waals surface area contributed by atoms with Crippen molar-refractivity contribution in [1.29, 1.82) is 0 Å². The van der Waals surface area contributed by atoms with E-state index < -0.39 is 23.3 Å². The SMILES string of the molecule is CCCCOc1ccc(-c2ccc(OCC3CCC(C)CC3)c(F)c2F)c(F)c1F. The van der Waals surface area contributed by atoms with Crippen LogP contribution in [-0.4, -0.2) is 13.2 Å². The Kier molecular flexibility index (Phi) is 7.62. The topological polar surface area (TPSA) is 18.5 Å². The summed E-state index contributed by atoms with van der Waals surface area (Å²) in [6.07, 6.45) is 5.76. The first kappa shape index (κ1) is 22.4. The minimum Gasteiger partial charge on any atom is -0.490 e. The lowest BCUT2D eigenvalue weighted by Gasteiger charge is -2.26. The molecule has 2 aromatic rings. The first-order valence-corrected chi connectivity index (χ1v) is 10.6. The normalized spacial score (nSPS) is 19.0. The van der Waals surface area contributed by atoms with Crippen LogP contribution in [0, 0.1) is 35.1 Å². The van der Waals surface area contributed by atoms with Gasteiger partial charge in [-0.05, 0) is 55.4 Å². The average Bonchev–Trinajstić information content (AvgIpc) is 2.74. The van der Waals surface area contributed by atoms with E-state index in [1.807, 2.05) is 6.92 Å². The molecule has 0 amide bonds. The lowest BCUT2D eigenvalue weighted by Crippen LogP contribution is -2.19.